The van der Waals surface area contributed by atoms with Crippen LogP contribution in [-0.2, 0) is 14.6 Å². The molecule has 15 heavy (non-hydrogen) atoms. The van der Waals surface area contributed by atoms with Gasteiger partial charge in [0.25, 0.3) is 0 Å². The summed E-state index contributed by atoms with van der Waals surface area (Å²) in [6.07, 6.45) is 0. The van der Waals surface area contributed by atoms with Crippen LogP contribution in [0.15, 0.2) is 29.2 Å². The van der Waals surface area contributed by atoms with Crippen LogP contribution < -0.4 is 0 Å². The van der Waals surface area contributed by atoms with Crippen molar-refractivity contribution in [1.29, 1.82) is 0 Å². The van der Waals surface area contributed by atoms with Crippen molar-refractivity contribution in [3.05, 3.63) is 30.1 Å². The van der Waals surface area contributed by atoms with Gasteiger partial charge in [-0.25, -0.2) is 12.8 Å². The van der Waals surface area contributed by atoms with Crippen LogP contribution in [0.25, 0.3) is 0 Å². The maximum absolute atomic E-state index is 12.6. The smallest absolute Gasteiger partial charge is 0.183 e. The monoisotopic (exact) mass is 232 g/mol. The third-order valence-corrected chi connectivity index (χ3v) is 4.20. The van der Waals surface area contributed by atoms with E-state index < -0.39 is 20.9 Å². The largest absolute Gasteiger partial charge is 0.383 e. The molecule has 84 valence electrons. The molecule has 0 heterocycles. The van der Waals surface area contributed by atoms with Gasteiger partial charge in [-0.1, -0.05) is 0 Å². The zero-order valence-corrected chi connectivity index (χ0v) is 9.42. The molecule has 3 nitrogen and oxygen atoms in total. The van der Waals surface area contributed by atoms with Crippen molar-refractivity contribution in [3.8, 4) is 0 Å². The van der Waals surface area contributed by atoms with E-state index in [0.717, 1.165) is 12.1 Å². The fourth-order valence-electron chi connectivity index (χ4n) is 1.18. The van der Waals surface area contributed by atoms with E-state index in [9.17, 15) is 12.8 Å². The summed E-state index contributed by atoms with van der Waals surface area (Å²) >= 11 is 0. The highest BCUT2D eigenvalue weighted by atomic mass is 32.2. The van der Waals surface area contributed by atoms with E-state index in [1.165, 1.54) is 19.2 Å². The van der Waals surface area contributed by atoms with Crippen LogP contribution in [0.2, 0.25) is 0 Å². The van der Waals surface area contributed by atoms with Crippen molar-refractivity contribution >= 4 is 9.84 Å². The Labute approximate surface area is 88.8 Å². The fourth-order valence-corrected chi connectivity index (χ4v) is 2.48. The number of ether oxygens (including phenoxy) is 1. The van der Waals surface area contributed by atoms with Gasteiger partial charge in [0.15, 0.2) is 9.84 Å². The normalized spacial score (nSPS) is 13.8. The van der Waals surface area contributed by atoms with Crippen LogP contribution in [0, 0.1) is 5.82 Å². The van der Waals surface area contributed by atoms with Gasteiger partial charge in [0.1, 0.15) is 5.82 Å². The molecule has 0 N–H and O–H groups in total. The van der Waals surface area contributed by atoms with Gasteiger partial charge in [-0.15, -0.1) is 0 Å². The molecule has 0 fully saturated rings. The summed E-state index contributed by atoms with van der Waals surface area (Å²) in [7, 11) is -1.97. The first kappa shape index (κ1) is 12.1. The van der Waals surface area contributed by atoms with Gasteiger partial charge in [-0.2, -0.15) is 0 Å². The molecule has 1 atom stereocenters. The Hall–Kier alpha value is -0.940. The van der Waals surface area contributed by atoms with Crippen molar-refractivity contribution in [3.63, 3.8) is 0 Å². The summed E-state index contributed by atoms with van der Waals surface area (Å²) in [6, 6.07) is 4.78. The molecule has 5 heteroatoms. The van der Waals surface area contributed by atoms with Gasteiger partial charge >= 0.3 is 0 Å². The zero-order chi connectivity index (χ0) is 11.5. The maximum Gasteiger partial charge on any atom is 0.183 e. The average molecular weight is 232 g/mol. The van der Waals surface area contributed by atoms with E-state index in [2.05, 4.69) is 0 Å². The first-order valence-electron chi connectivity index (χ1n) is 4.47. The lowest BCUT2D eigenvalue weighted by atomic mass is 10.3. The molecule has 1 unspecified atom stereocenters. The van der Waals surface area contributed by atoms with Gasteiger partial charge < -0.3 is 4.74 Å². The molecule has 0 aliphatic rings. The topological polar surface area (TPSA) is 43.4 Å². The molecule has 1 aromatic carbocycles. The number of sulfone groups is 1. The first-order valence-corrected chi connectivity index (χ1v) is 6.01. The van der Waals surface area contributed by atoms with Crippen molar-refractivity contribution in [2.24, 2.45) is 0 Å². The molecule has 1 aromatic rings. The highest BCUT2D eigenvalue weighted by Gasteiger charge is 2.22. The predicted octanol–water partition coefficient (Wildman–Crippen LogP) is 1.63. The van der Waals surface area contributed by atoms with Crippen LogP contribution >= 0.6 is 0 Å². The van der Waals surface area contributed by atoms with Gasteiger partial charge in [0, 0.05) is 7.11 Å². The standard InChI is InChI=1S/C10H13FO3S/c1-8(7-14-2)15(12,13)10-5-3-9(11)4-6-10/h3-6,8H,7H2,1-2H3. The quantitative estimate of drug-likeness (QED) is 0.741. The second kappa shape index (κ2) is 4.72. The molecule has 0 amide bonds. The molecule has 0 saturated carbocycles. The lowest BCUT2D eigenvalue weighted by Gasteiger charge is -2.11. The van der Waals surface area contributed by atoms with Crippen LogP contribution in [0.3, 0.4) is 0 Å². The minimum Gasteiger partial charge on any atom is -0.383 e. The van der Waals surface area contributed by atoms with E-state index in [0.29, 0.717) is 0 Å². The molecule has 0 saturated heterocycles. The van der Waals surface area contributed by atoms with Crippen LogP contribution in [-0.4, -0.2) is 27.4 Å². The minimum atomic E-state index is -3.41. The van der Waals surface area contributed by atoms with E-state index in [-0.39, 0.29) is 11.5 Å². The molecule has 0 aliphatic carbocycles. The molecule has 1 rings (SSSR count). The number of methoxy groups -OCH3 is 1. The summed E-state index contributed by atoms with van der Waals surface area (Å²) < 4.78 is 41.0. The maximum atomic E-state index is 12.6. The first-order chi connectivity index (χ1) is 6.98. The summed E-state index contributed by atoms with van der Waals surface area (Å²) in [5, 5.41) is -0.632. The Morgan fingerprint density at radius 3 is 2.33 bits per heavy atom. The predicted molar refractivity (Wildman–Crippen MR) is 54.9 cm³/mol. The Kier molecular flexibility index (Phi) is 3.82. The van der Waals surface area contributed by atoms with E-state index in [1.54, 1.807) is 6.92 Å². The number of rotatable bonds is 4. The lowest BCUT2D eigenvalue weighted by Crippen LogP contribution is -2.22. The molecule has 0 spiro atoms. The van der Waals surface area contributed by atoms with Crippen LogP contribution in [0.4, 0.5) is 4.39 Å². The fraction of sp³-hybridized carbons (Fsp3) is 0.400. The number of hydrogen-bond acceptors (Lipinski definition) is 3. The van der Waals surface area contributed by atoms with Crippen molar-refractivity contribution < 1.29 is 17.5 Å². The van der Waals surface area contributed by atoms with Crippen molar-refractivity contribution in [2.45, 2.75) is 17.1 Å². The van der Waals surface area contributed by atoms with E-state index >= 15 is 0 Å². The number of halogens is 1. The van der Waals surface area contributed by atoms with Crippen molar-refractivity contribution in [2.75, 3.05) is 13.7 Å². The van der Waals surface area contributed by atoms with Crippen LogP contribution in [0.5, 0.6) is 0 Å². The Morgan fingerprint density at radius 2 is 1.87 bits per heavy atom. The molecule has 0 aromatic heterocycles. The van der Waals surface area contributed by atoms with Crippen LogP contribution in [0.1, 0.15) is 6.92 Å². The summed E-state index contributed by atoms with van der Waals surface area (Å²) in [5.74, 6) is -0.451. The molecule has 0 bridgehead atoms. The summed E-state index contributed by atoms with van der Waals surface area (Å²) in [5.41, 5.74) is 0. The van der Waals surface area contributed by atoms with E-state index in [1.807, 2.05) is 0 Å². The SMILES string of the molecule is COCC(C)S(=O)(=O)c1ccc(F)cc1. The second-order valence-electron chi connectivity index (χ2n) is 3.26. The average Bonchev–Trinajstić information content (AvgIpc) is 2.18. The van der Waals surface area contributed by atoms with Gasteiger partial charge in [0.2, 0.25) is 0 Å². The number of hydrogen-bond donors (Lipinski definition) is 0. The van der Waals surface area contributed by atoms with Crippen molar-refractivity contribution in [1.82, 2.24) is 0 Å². The Balaban J connectivity index is 3.01. The van der Waals surface area contributed by atoms with Gasteiger partial charge in [0.05, 0.1) is 16.8 Å². The Morgan fingerprint density at radius 1 is 1.33 bits per heavy atom. The molecule has 0 aliphatic heterocycles. The lowest BCUT2D eigenvalue weighted by molar-refractivity contribution is 0.200. The highest BCUT2D eigenvalue weighted by molar-refractivity contribution is 7.92. The second-order valence-corrected chi connectivity index (χ2v) is 5.63. The third kappa shape index (κ3) is 2.76. The molecular weight excluding hydrogens is 219 g/mol. The van der Waals surface area contributed by atoms with E-state index in [4.69, 9.17) is 4.74 Å². The number of benzene rings is 1. The minimum absolute atomic E-state index is 0.119. The third-order valence-electron chi connectivity index (χ3n) is 2.07. The molecular formula is C10H13FO3S. The van der Waals surface area contributed by atoms with Gasteiger partial charge in [-0.05, 0) is 31.2 Å². The Bertz CT molecular complexity index is 411. The summed E-state index contributed by atoms with van der Waals surface area (Å²) in [6.45, 7) is 1.68. The zero-order valence-electron chi connectivity index (χ0n) is 8.60. The van der Waals surface area contributed by atoms with Gasteiger partial charge in [-0.3, -0.25) is 0 Å². The summed E-state index contributed by atoms with van der Waals surface area (Å²) in [4.78, 5) is 0.119. The molecule has 0 radical (unpaired) electrons. The highest BCUT2D eigenvalue weighted by Crippen LogP contribution is 2.16.